The molecule has 1 aliphatic heterocycles. The molecule has 10 heteroatoms. The second-order valence-electron chi connectivity index (χ2n) is 7.23. The van der Waals surface area contributed by atoms with Crippen molar-refractivity contribution in [3.63, 3.8) is 0 Å². The number of methoxy groups -OCH3 is 1. The van der Waals surface area contributed by atoms with Crippen molar-refractivity contribution in [2.45, 2.75) is 4.90 Å². The molecular weight excluding hydrogens is 423 g/mol. The normalized spacial score (nSPS) is 15.7. The van der Waals surface area contributed by atoms with Crippen molar-refractivity contribution in [1.82, 2.24) is 14.2 Å². The topological polar surface area (TPSA) is 87.9 Å². The summed E-state index contributed by atoms with van der Waals surface area (Å²) in [6.07, 6.45) is 1.51. The first-order chi connectivity index (χ1) is 14.9. The van der Waals surface area contributed by atoms with Gasteiger partial charge in [0.15, 0.2) is 5.76 Å². The summed E-state index contributed by atoms with van der Waals surface area (Å²) in [5.41, 5.74) is 1.07. The quantitative estimate of drug-likeness (QED) is 0.622. The van der Waals surface area contributed by atoms with Crippen LogP contribution < -0.4 is 10.1 Å². The van der Waals surface area contributed by atoms with Gasteiger partial charge in [0.05, 0.1) is 23.9 Å². The van der Waals surface area contributed by atoms with Crippen molar-refractivity contribution in [1.29, 1.82) is 0 Å². The minimum atomic E-state index is -3.64. The fourth-order valence-corrected chi connectivity index (χ4v) is 4.77. The Hall–Kier alpha value is -2.95. The minimum absolute atomic E-state index is 0.158. The predicted molar refractivity (Wildman–Crippen MR) is 114 cm³/mol. The maximum absolute atomic E-state index is 13.1. The third-order valence-electron chi connectivity index (χ3n) is 5.15. The van der Waals surface area contributed by atoms with Crippen LogP contribution in [0.3, 0.4) is 0 Å². The Bertz CT molecular complexity index is 1160. The number of sulfonamides is 1. The number of halogens is 1. The molecule has 0 aliphatic carbocycles. The monoisotopic (exact) mass is 446 g/mol. The van der Waals surface area contributed by atoms with Crippen LogP contribution >= 0.6 is 0 Å². The van der Waals surface area contributed by atoms with Gasteiger partial charge in [0.2, 0.25) is 10.0 Å². The average Bonchev–Trinajstić information content (AvgIpc) is 3.23. The molecule has 0 spiro atoms. The van der Waals surface area contributed by atoms with Crippen LogP contribution in [0.1, 0.15) is 0 Å². The van der Waals surface area contributed by atoms with E-state index >= 15 is 0 Å². The number of anilines is 2. The number of hydrogen-bond donors (Lipinski definition) is 1. The number of hydrogen-bond acceptors (Lipinski definition) is 7. The third kappa shape index (κ3) is 4.55. The standard InChI is InChI=1S/C21H23FN4O4S/c1-25-9-11-26(12-10-25)31(27,28)17-7-8-19(29-2)18(13-17)24-21-23-14-20(30-21)15-3-5-16(22)6-4-15/h3-8,13-14H,9-12H2,1-2H3,(H,23,24). The largest absolute Gasteiger partial charge is 0.495 e. The third-order valence-corrected chi connectivity index (χ3v) is 7.04. The highest BCUT2D eigenvalue weighted by atomic mass is 32.2. The highest BCUT2D eigenvalue weighted by Crippen LogP contribution is 2.32. The van der Waals surface area contributed by atoms with Gasteiger partial charge >= 0.3 is 0 Å². The average molecular weight is 447 g/mol. The predicted octanol–water partition coefficient (Wildman–Crippen LogP) is 3.17. The van der Waals surface area contributed by atoms with E-state index in [9.17, 15) is 12.8 Å². The van der Waals surface area contributed by atoms with Crippen LogP contribution in [0.2, 0.25) is 0 Å². The highest BCUT2D eigenvalue weighted by Gasteiger charge is 2.28. The molecule has 8 nitrogen and oxygen atoms in total. The number of benzene rings is 2. The molecule has 0 atom stereocenters. The molecule has 0 amide bonds. The smallest absolute Gasteiger partial charge is 0.299 e. The Morgan fingerprint density at radius 2 is 1.81 bits per heavy atom. The lowest BCUT2D eigenvalue weighted by Crippen LogP contribution is -2.47. The summed E-state index contributed by atoms with van der Waals surface area (Å²) in [5.74, 6) is 0.547. The number of ether oxygens (including phenoxy) is 1. The van der Waals surface area contributed by atoms with Gasteiger partial charge < -0.3 is 19.4 Å². The Kier molecular flexibility index (Phi) is 5.94. The number of piperazine rings is 1. The van der Waals surface area contributed by atoms with E-state index in [0.29, 0.717) is 48.9 Å². The molecule has 2 aromatic carbocycles. The second-order valence-corrected chi connectivity index (χ2v) is 9.17. The summed E-state index contributed by atoms with van der Waals surface area (Å²) >= 11 is 0. The molecule has 0 radical (unpaired) electrons. The van der Waals surface area contributed by atoms with Gasteiger partial charge in [-0.15, -0.1) is 0 Å². The summed E-state index contributed by atoms with van der Waals surface area (Å²) < 4.78 is 51.9. The summed E-state index contributed by atoms with van der Waals surface area (Å²) in [7, 11) is -0.180. The lowest BCUT2D eigenvalue weighted by Gasteiger charge is -2.31. The Labute approximate surface area is 180 Å². The molecule has 0 bridgehead atoms. The summed E-state index contributed by atoms with van der Waals surface area (Å²) in [5, 5.41) is 2.98. The molecule has 0 unspecified atom stereocenters. The molecule has 2 heterocycles. The number of nitrogens with zero attached hydrogens (tertiary/aromatic N) is 3. The molecular formula is C21H23FN4O4S. The molecule has 1 fully saturated rings. The van der Waals surface area contributed by atoms with Gasteiger partial charge in [-0.05, 0) is 49.5 Å². The zero-order chi connectivity index (χ0) is 22.0. The van der Waals surface area contributed by atoms with Gasteiger partial charge in [0.25, 0.3) is 6.01 Å². The van der Waals surface area contributed by atoms with E-state index in [0.717, 1.165) is 0 Å². The number of aromatic nitrogens is 1. The molecule has 31 heavy (non-hydrogen) atoms. The summed E-state index contributed by atoms with van der Waals surface area (Å²) in [4.78, 5) is 6.43. The fraction of sp³-hybridized carbons (Fsp3) is 0.286. The molecule has 1 aromatic heterocycles. The molecule has 1 N–H and O–H groups in total. The van der Waals surface area contributed by atoms with Gasteiger partial charge in [-0.1, -0.05) is 0 Å². The Morgan fingerprint density at radius 3 is 2.48 bits per heavy atom. The Balaban J connectivity index is 1.59. The van der Waals surface area contributed by atoms with Crippen molar-refractivity contribution in [3.8, 4) is 17.1 Å². The van der Waals surface area contributed by atoms with Crippen LogP contribution in [0.15, 0.2) is 58.0 Å². The number of likely N-dealkylation sites (N-methyl/N-ethyl adjacent to an activating group) is 1. The zero-order valence-electron chi connectivity index (χ0n) is 17.2. The van der Waals surface area contributed by atoms with Crippen molar-refractivity contribution in [2.75, 3.05) is 45.7 Å². The van der Waals surface area contributed by atoms with Crippen molar-refractivity contribution in [2.24, 2.45) is 0 Å². The molecule has 4 rings (SSSR count). The minimum Gasteiger partial charge on any atom is -0.495 e. The van der Waals surface area contributed by atoms with E-state index in [2.05, 4.69) is 15.2 Å². The van der Waals surface area contributed by atoms with Crippen LogP contribution in [0.4, 0.5) is 16.1 Å². The van der Waals surface area contributed by atoms with Crippen LogP contribution in [0.5, 0.6) is 5.75 Å². The number of oxazole rings is 1. The maximum atomic E-state index is 13.1. The fourth-order valence-electron chi connectivity index (χ4n) is 3.32. The van der Waals surface area contributed by atoms with Gasteiger partial charge in [0, 0.05) is 31.7 Å². The van der Waals surface area contributed by atoms with Crippen molar-refractivity contribution >= 4 is 21.7 Å². The van der Waals surface area contributed by atoms with Gasteiger partial charge in [-0.2, -0.15) is 4.31 Å². The molecule has 3 aromatic rings. The first kappa shape index (κ1) is 21.3. The molecule has 0 saturated carbocycles. The van der Waals surface area contributed by atoms with Crippen LogP contribution in [0, 0.1) is 5.82 Å². The second kappa shape index (κ2) is 8.66. The highest BCUT2D eigenvalue weighted by molar-refractivity contribution is 7.89. The van der Waals surface area contributed by atoms with Crippen molar-refractivity contribution < 1.29 is 22.0 Å². The van der Waals surface area contributed by atoms with Crippen LogP contribution in [0.25, 0.3) is 11.3 Å². The van der Waals surface area contributed by atoms with E-state index in [1.165, 1.54) is 41.9 Å². The SMILES string of the molecule is COc1ccc(S(=O)(=O)N2CCN(C)CC2)cc1Nc1ncc(-c2ccc(F)cc2)o1. The Morgan fingerprint density at radius 1 is 1.10 bits per heavy atom. The lowest BCUT2D eigenvalue weighted by molar-refractivity contribution is 0.222. The van der Waals surface area contributed by atoms with E-state index in [-0.39, 0.29) is 16.7 Å². The van der Waals surface area contributed by atoms with Gasteiger partial charge in [-0.3, -0.25) is 0 Å². The van der Waals surface area contributed by atoms with Gasteiger partial charge in [0.1, 0.15) is 11.6 Å². The summed E-state index contributed by atoms with van der Waals surface area (Å²) in [6, 6.07) is 10.6. The van der Waals surface area contributed by atoms with E-state index in [1.807, 2.05) is 7.05 Å². The molecule has 164 valence electrons. The molecule has 1 saturated heterocycles. The van der Waals surface area contributed by atoms with Gasteiger partial charge in [-0.25, -0.2) is 17.8 Å². The van der Waals surface area contributed by atoms with Crippen LogP contribution in [-0.4, -0.2) is 62.9 Å². The zero-order valence-corrected chi connectivity index (χ0v) is 18.0. The van der Waals surface area contributed by atoms with E-state index < -0.39 is 10.0 Å². The number of nitrogens with one attached hydrogen (secondary N) is 1. The van der Waals surface area contributed by atoms with Crippen molar-refractivity contribution in [3.05, 3.63) is 54.5 Å². The van der Waals surface area contributed by atoms with Crippen LogP contribution in [-0.2, 0) is 10.0 Å². The number of rotatable bonds is 6. The summed E-state index contributed by atoms with van der Waals surface area (Å²) in [6.45, 7) is 2.24. The first-order valence-electron chi connectivity index (χ1n) is 9.72. The van der Waals surface area contributed by atoms with E-state index in [1.54, 1.807) is 18.2 Å². The molecule has 1 aliphatic rings. The maximum Gasteiger partial charge on any atom is 0.299 e. The first-order valence-corrected chi connectivity index (χ1v) is 11.2. The van der Waals surface area contributed by atoms with E-state index in [4.69, 9.17) is 9.15 Å². The lowest BCUT2D eigenvalue weighted by atomic mass is 10.2.